The van der Waals surface area contributed by atoms with Crippen molar-refractivity contribution in [2.75, 3.05) is 27.2 Å². The first-order valence-corrected chi connectivity index (χ1v) is 5.22. The van der Waals surface area contributed by atoms with Gasteiger partial charge in [-0.25, -0.2) is 14.5 Å². The van der Waals surface area contributed by atoms with Crippen LogP contribution in [0.15, 0.2) is 5.10 Å². The number of nitrogens with one attached hydrogen (secondary N) is 1. The summed E-state index contributed by atoms with van der Waals surface area (Å²) in [4.78, 5) is 25.8. The van der Waals surface area contributed by atoms with Crippen molar-refractivity contribution in [1.29, 1.82) is 0 Å². The van der Waals surface area contributed by atoms with E-state index in [-0.39, 0.29) is 6.03 Å². The fourth-order valence-corrected chi connectivity index (χ4v) is 1.77. The molecule has 0 spiro atoms. The van der Waals surface area contributed by atoms with Crippen LogP contribution in [0.2, 0.25) is 0 Å². The Balaban J connectivity index is 2.13. The first-order chi connectivity index (χ1) is 8.13. The second-order valence-corrected chi connectivity index (χ2v) is 3.75. The summed E-state index contributed by atoms with van der Waals surface area (Å²) in [6, 6.07) is -0.235. The Labute approximate surface area is 98.1 Å². The molecule has 2 rings (SSSR count). The highest BCUT2D eigenvalue weighted by Gasteiger charge is 2.41. The molecule has 17 heavy (non-hydrogen) atoms. The van der Waals surface area contributed by atoms with Crippen molar-refractivity contribution in [2.24, 2.45) is 5.10 Å². The molecule has 2 aliphatic rings. The minimum atomic E-state index is -0.811. The zero-order chi connectivity index (χ0) is 12.4. The minimum Gasteiger partial charge on any atom is -0.438 e. The Kier molecular flexibility index (Phi) is 3.03. The molecule has 0 aromatic carbocycles. The molecular formula is C9H14N4O4. The smallest absolute Gasteiger partial charge is 0.438 e. The second kappa shape index (κ2) is 4.48. The summed E-state index contributed by atoms with van der Waals surface area (Å²) in [5, 5.41) is 4.00. The monoisotopic (exact) mass is 242 g/mol. The van der Waals surface area contributed by atoms with E-state index in [0.29, 0.717) is 25.3 Å². The molecule has 0 bridgehead atoms. The number of ether oxygens (including phenoxy) is 2. The lowest BCUT2D eigenvalue weighted by Gasteiger charge is -2.21. The van der Waals surface area contributed by atoms with Crippen molar-refractivity contribution in [3.63, 3.8) is 0 Å². The Morgan fingerprint density at radius 1 is 1.59 bits per heavy atom. The average molecular weight is 242 g/mol. The quantitative estimate of drug-likeness (QED) is 0.642. The van der Waals surface area contributed by atoms with Gasteiger partial charge < -0.3 is 19.8 Å². The van der Waals surface area contributed by atoms with Gasteiger partial charge in [-0.05, 0) is 0 Å². The largest absolute Gasteiger partial charge is 0.510 e. The molecule has 0 saturated carbocycles. The van der Waals surface area contributed by atoms with Crippen molar-refractivity contribution < 1.29 is 19.1 Å². The molecule has 94 valence electrons. The predicted octanol–water partition coefficient (Wildman–Crippen LogP) is -0.230. The molecule has 1 atom stereocenters. The summed E-state index contributed by atoms with van der Waals surface area (Å²) in [6.45, 7) is 0.973. The highest BCUT2D eigenvalue weighted by Crippen LogP contribution is 2.19. The summed E-state index contributed by atoms with van der Waals surface area (Å²) in [6.07, 6.45) is -0.867. The van der Waals surface area contributed by atoms with Crippen LogP contribution >= 0.6 is 0 Å². The number of nitrogens with zero attached hydrogens (tertiary/aromatic N) is 3. The molecule has 2 heterocycles. The number of carbonyl (C=O) groups is 2. The van der Waals surface area contributed by atoms with Gasteiger partial charge in [0.2, 0.25) is 6.23 Å². The van der Waals surface area contributed by atoms with E-state index >= 15 is 0 Å². The number of hydrogen-bond acceptors (Lipinski definition) is 6. The molecule has 2 aliphatic heterocycles. The van der Waals surface area contributed by atoms with E-state index in [1.54, 1.807) is 7.05 Å². The summed E-state index contributed by atoms with van der Waals surface area (Å²) in [7, 11) is 2.86. The van der Waals surface area contributed by atoms with E-state index in [1.807, 2.05) is 0 Å². The van der Waals surface area contributed by atoms with Crippen LogP contribution in [0.4, 0.5) is 9.59 Å². The molecule has 0 aliphatic carbocycles. The van der Waals surface area contributed by atoms with Gasteiger partial charge in [0.25, 0.3) is 0 Å². The number of carbonyl (C=O) groups excluding carboxylic acids is 2. The molecular weight excluding hydrogens is 228 g/mol. The molecule has 0 aromatic heterocycles. The molecule has 2 amide bonds. The average Bonchev–Trinajstić information content (AvgIpc) is 2.89. The Morgan fingerprint density at radius 3 is 2.94 bits per heavy atom. The summed E-state index contributed by atoms with van der Waals surface area (Å²) >= 11 is 0. The van der Waals surface area contributed by atoms with Crippen molar-refractivity contribution in [2.45, 2.75) is 12.6 Å². The van der Waals surface area contributed by atoms with Gasteiger partial charge in [-0.2, -0.15) is 5.10 Å². The maximum Gasteiger partial charge on any atom is 0.510 e. The SMILES string of the molecule is COC(=O)OC1CN(C)C(=O)N1C1=NNCC1. The molecule has 1 N–H and O–H groups in total. The van der Waals surface area contributed by atoms with Gasteiger partial charge in [-0.15, -0.1) is 0 Å². The van der Waals surface area contributed by atoms with Crippen LogP contribution in [0.5, 0.6) is 0 Å². The minimum absolute atomic E-state index is 0.235. The number of hydrogen-bond donors (Lipinski definition) is 1. The van der Waals surface area contributed by atoms with Gasteiger partial charge in [0.15, 0.2) is 0 Å². The molecule has 0 radical (unpaired) electrons. The lowest BCUT2D eigenvalue weighted by atomic mass is 10.3. The van der Waals surface area contributed by atoms with Crippen LogP contribution in [-0.2, 0) is 9.47 Å². The van der Waals surface area contributed by atoms with E-state index in [0.717, 1.165) is 0 Å². The van der Waals surface area contributed by atoms with Crippen molar-refractivity contribution in [1.82, 2.24) is 15.2 Å². The van der Waals surface area contributed by atoms with E-state index < -0.39 is 12.4 Å². The van der Waals surface area contributed by atoms with E-state index in [1.165, 1.54) is 16.9 Å². The standard InChI is InChI=1S/C9H14N4O4/c1-12-5-7(17-9(15)16-2)13(8(12)14)6-3-4-10-11-6/h7,10H,3-5H2,1-2H3. The maximum absolute atomic E-state index is 11.9. The zero-order valence-electron chi connectivity index (χ0n) is 9.67. The van der Waals surface area contributed by atoms with Crippen LogP contribution in [0, 0.1) is 0 Å². The number of rotatable bonds is 1. The fourth-order valence-electron chi connectivity index (χ4n) is 1.77. The molecule has 8 heteroatoms. The predicted molar refractivity (Wildman–Crippen MR) is 57.2 cm³/mol. The van der Waals surface area contributed by atoms with Gasteiger partial charge in [-0.3, -0.25) is 0 Å². The number of methoxy groups -OCH3 is 1. The number of hydrazone groups is 1. The number of amides is 2. The zero-order valence-corrected chi connectivity index (χ0v) is 9.67. The van der Waals surface area contributed by atoms with Gasteiger partial charge in [-0.1, -0.05) is 0 Å². The van der Waals surface area contributed by atoms with Crippen molar-refractivity contribution in [3.8, 4) is 0 Å². The maximum atomic E-state index is 11.9. The third-order valence-corrected chi connectivity index (χ3v) is 2.60. The third-order valence-electron chi connectivity index (χ3n) is 2.60. The van der Waals surface area contributed by atoms with Crippen molar-refractivity contribution >= 4 is 18.0 Å². The van der Waals surface area contributed by atoms with Crippen LogP contribution in [0.25, 0.3) is 0 Å². The summed E-state index contributed by atoms with van der Waals surface area (Å²) < 4.78 is 9.44. The van der Waals surface area contributed by atoms with Gasteiger partial charge in [0.1, 0.15) is 5.84 Å². The molecule has 0 aromatic rings. The van der Waals surface area contributed by atoms with Gasteiger partial charge in [0.05, 0.1) is 13.7 Å². The number of likely N-dealkylation sites (N-methyl/N-ethyl adjacent to an activating group) is 1. The molecule has 8 nitrogen and oxygen atoms in total. The van der Waals surface area contributed by atoms with Crippen LogP contribution in [0.1, 0.15) is 6.42 Å². The fraction of sp³-hybridized carbons (Fsp3) is 0.667. The van der Waals surface area contributed by atoms with Crippen LogP contribution in [0.3, 0.4) is 0 Å². The lowest BCUT2D eigenvalue weighted by Crippen LogP contribution is -2.41. The normalized spacial score (nSPS) is 23.5. The van der Waals surface area contributed by atoms with E-state index in [4.69, 9.17) is 4.74 Å². The Bertz CT molecular complexity index is 370. The Hall–Kier alpha value is -1.99. The van der Waals surface area contributed by atoms with E-state index in [2.05, 4.69) is 15.3 Å². The summed E-state index contributed by atoms with van der Waals surface area (Å²) in [5.74, 6) is 0.577. The molecule has 1 fully saturated rings. The van der Waals surface area contributed by atoms with Crippen LogP contribution in [-0.4, -0.2) is 61.3 Å². The first kappa shape index (κ1) is 11.5. The van der Waals surface area contributed by atoms with Crippen LogP contribution < -0.4 is 5.43 Å². The summed E-state index contributed by atoms with van der Waals surface area (Å²) in [5.41, 5.74) is 2.78. The van der Waals surface area contributed by atoms with E-state index in [9.17, 15) is 9.59 Å². The van der Waals surface area contributed by atoms with Crippen molar-refractivity contribution in [3.05, 3.63) is 0 Å². The lowest BCUT2D eigenvalue weighted by molar-refractivity contribution is 0.0107. The third kappa shape index (κ3) is 2.10. The molecule has 1 unspecified atom stereocenters. The number of urea groups is 1. The first-order valence-electron chi connectivity index (χ1n) is 5.22. The topological polar surface area (TPSA) is 83.5 Å². The second-order valence-electron chi connectivity index (χ2n) is 3.75. The number of amidine groups is 1. The Morgan fingerprint density at radius 2 is 2.35 bits per heavy atom. The highest BCUT2D eigenvalue weighted by molar-refractivity contribution is 5.99. The highest BCUT2D eigenvalue weighted by atomic mass is 16.7. The van der Waals surface area contributed by atoms with Gasteiger partial charge in [0, 0.05) is 20.0 Å². The molecule has 1 saturated heterocycles. The van der Waals surface area contributed by atoms with Gasteiger partial charge >= 0.3 is 12.2 Å².